The summed E-state index contributed by atoms with van der Waals surface area (Å²) in [6.45, 7) is 0.293. The summed E-state index contributed by atoms with van der Waals surface area (Å²) < 4.78 is 0. The number of aromatic nitrogens is 5. The Morgan fingerprint density at radius 2 is 2.00 bits per heavy atom. The molecule has 2 heterocycles. The fourth-order valence-electron chi connectivity index (χ4n) is 1.65. The van der Waals surface area contributed by atoms with Crippen molar-refractivity contribution in [2.45, 2.75) is 6.54 Å². The fraction of sp³-hybridized carbons (Fsp3) is 0.0909. The lowest BCUT2D eigenvalue weighted by Crippen LogP contribution is -2.20. The van der Waals surface area contributed by atoms with Gasteiger partial charge >= 0.3 is 5.69 Å². The Morgan fingerprint density at radius 1 is 1.15 bits per heavy atom. The van der Waals surface area contributed by atoms with Gasteiger partial charge in [-0.15, -0.1) is 5.11 Å². The van der Waals surface area contributed by atoms with Gasteiger partial charge in [-0.2, -0.15) is 20.5 Å². The number of H-pyrrole nitrogens is 3. The largest absolute Gasteiger partial charge is 0.325 e. The fourth-order valence-corrected chi connectivity index (χ4v) is 1.65. The van der Waals surface area contributed by atoms with Gasteiger partial charge in [0.25, 0.3) is 5.56 Å². The quantitative estimate of drug-likeness (QED) is 0.602. The molecule has 0 aliphatic heterocycles. The smallest absolute Gasteiger partial charge is 0.312 e. The Labute approximate surface area is 110 Å². The molecule has 0 aliphatic rings. The lowest BCUT2D eigenvalue weighted by Gasteiger charge is -1.94. The number of benzene rings is 1. The van der Waals surface area contributed by atoms with E-state index in [1.807, 2.05) is 18.2 Å². The molecule has 0 aliphatic carbocycles. The number of nitrogens with zero attached hydrogens (tertiary/aromatic N) is 4. The topological polar surface area (TPSA) is 132 Å². The molecule has 3 rings (SSSR count). The molecule has 20 heavy (non-hydrogen) atoms. The van der Waals surface area contributed by atoms with E-state index in [4.69, 9.17) is 0 Å². The van der Waals surface area contributed by atoms with Crippen LogP contribution in [-0.2, 0) is 6.54 Å². The lowest BCUT2D eigenvalue weighted by molar-refractivity contribution is 0.936. The molecule has 0 saturated heterocycles. The van der Waals surface area contributed by atoms with Crippen LogP contribution in [0.2, 0.25) is 0 Å². The van der Waals surface area contributed by atoms with Crippen LogP contribution >= 0.6 is 0 Å². The number of nitrogens with one attached hydrogen (secondary N) is 3. The van der Waals surface area contributed by atoms with Crippen molar-refractivity contribution >= 4 is 16.7 Å². The van der Waals surface area contributed by atoms with E-state index in [1.54, 1.807) is 0 Å². The van der Waals surface area contributed by atoms with E-state index in [0.717, 1.165) is 16.6 Å². The molecular formula is C11H9N7O2. The van der Waals surface area contributed by atoms with Crippen molar-refractivity contribution in [1.82, 2.24) is 25.4 Å². The number of hydrogen-bond donors (Lipinski definition) is 3. The molecule has 100 valence electrons. The Kier molecular flexibility index (Phi) is 2.92. The van der Waals surface area contributed by atoms with Crippen molar-refractivity contribution in [1.29, 1.82) is 0 Å². The molecule has 9 heteroatoms. The molecule has 0 saturated carbocycles. The van der Waals surface area contributed by atoms with Gasteiger partial charge in [-0.25, -0.2) is 4.79 Å². The van der Waals surface area contributed by atoms with Crippen molar-refractivity contribution in [3.05, 3.63) is 50.8 Å². The monoisotopic (exact) mass is 271 g/mol. The van der Waals surface area contributed by atoms with Crippen molar-refractivity contribution in [2.24, 2.45) is 10.2 Å². The SMILES string of the molecule is O=c1[nH]cc(N=NCc2ccc3n[nH]nc3c2)c(=O)[nH]1. The van der Waals surface area contributed by atoms with Gasteiger partial charge in [0.2, 0.25) is 0 Å². The third-order valence-electron chi connectivity index (χ3n) is 2.61. The first-order valence-electron chi connectivity index (χ1n) is 5.71. The number of fused-ring (bicyclic) bond motifs is 1. The Balaban J connectivity index is 1.79. The van der Waals surface area contributed by atoms with Crippen LogP contribution in [0.4, 0.5) is 5.69 Å². The number of aromatic amines is 3. The lowest BCUT2D eigenvalue weighted by atomic mass is 10.2. The van der Waals surface area contributed by atoms with Gasteiger partial charge in [0, 0.05) is 6.20 Å². The van der Waals surface area contributed by atoms with E-state index in [9.17, 15) is 9.59 Å². The van der Waals surface area contributed by atoms with E-state index in [2.05, 4.69) is 35.6 Å². The minimum atomic E-state index is -0.579. The van der Waals surface area contributed by atoms with Crippen LogP contribution in [0.15, 0.2) is 44.2 Å². The number of azo groups is 1. The highest BCUT2D eigenvalue weighted by molar-refractivity contribution is 5.74. The van der Waals surface area contributed by atoms with Crippen LogP contribution in [0, 0.1) is 0 Å². The van der Waals surface area contributed by atoms with Crippen molar-refractivity contribution in [2.75, 3.05) is 0 Å². The van der Waals surface area contributed by atoms with Crippen molar-refractivity contribution < 1.29 is 0 Å². The third kappa shape index (κ3) is 2.36. The molecule has 0 fully saturated rings. The van der Waals surface area contributed by atoms with Crippen LogP contribution in [0.3, 0.4) is 0 Å². The Hall–Kier alpha value is -3.10. The van der Waals surface area contributed by atoms with Crippen LogP contribution in [0.25, 0.3) is 11.0 Å². The highest BCUT2D eigenvalue weighted by atomic mass is 16.2. The van der Waals surface area contributed by atoms with E-state index in [0.29, 0.717) is 6.54 Å². The normalized spacial score (nSPS) is 11.4. The average molecular weight is 271 g/mol. The predicted octanol–water partition coefficient (Wildman–Crippen LogP) is 0.618. The molecule has 3 N–H and O–H groups in total. The van der Waals surface area contributed by atoms with E-state index in [-0.39, 0.29) is 5.69 Å². The van der Waals surface area contributed by atoms with Crippen molar-refractivity contribution in [3.8, 4) is 0 Å². The summed E-state index contributed by atoms with van der Waals surface area (Å²) in [6, 6.07) is 5.49. The molecule has 2 aromatic heterocycles. The van der Waals surface area contributed by atoms with Gasteiger partial charge in [-0.3, -0.25) is 9.78 Å². The first kappa shape index (κ1) is 12.0. The summed E-state index contributed by atoms with van der Waals surface area (Å²) in [5, 5.41) is 18.1. The van der Waals surface area contributed by atoms with Crippen LogP contribution in [-0.4, -0.2) is 25.4 Å². The van der Waals surface area contributed by atoms with Gasteiger partial charge in [-0.05, 0) is 17.7 Å². The van der Waals surface area contributed by atoms with Gasteiger partial charge in [0.15, 0.2) is 5.69 Å². The molecule has 9 nitrogen and oxygen atoms in total. The highest BCUT2D eigenvalue weighted by Gasteiger charge is 2.00. The molecule has 0 spiro atoms. The second kappa shape index (κ2) is 4.88. The minimum absolute atomic E-state index is 0.0483. The highest BCUT2D eigenvalue weighted by Crippen LogP contribution is 2.12. The zero-order chi connectivity index (χ0) is 13.9. The van der Waals surface area contributed by atoms with Gasteiger partial charge in [0.1, 0.15) is 11.0 Å². The van der Waals surface area contributed by atoms with Gasteiger partial charge in [0.05, 0.1) is 6.54 Å². The Bertz CT molecular complexity index is 889. The zero-order valence-corrected chi connectivity index (χ0v) is 10.1. The number of hydrogen-bond acceptors (Lipinski definition) is 6. The van der Waals surface area contributed by atoms with Crippen LogP contribution in [0.1, 0.15) is 5.56 Å². The summed E-state index contributed by atoms with van der Waals surface area (Å²) in [6.07, 6.45) is 1.21. The van der Waals surface area contributed by atoms with E-state index in [1.165, 1.54) is 6.20 Å². The minimum Gasteiger partial charge on any atom is -0.312 e. The first-order valence-corrected chi connectivity index (χ1v) is 5.71. The maximum absolute atomic E-state index is 11.4. The molecule has 0 atom stereocenters. The molecule has 0 bridgehead atoms. The predicted molar refractivity (Wildman–Crippen MR) is 69.8 cm³/mol. The van der Waals surface area contributed by atoms with Gasteiger partial charge in [-0.1, -0.05) is 6.07 Å². The maximum Gasteiger partial charge on any atom is 0.325 e. The molecule has 0 amide bonds. The maximum atomic E-state index is 11.4. The molecular weight excluding hydrogens is 262 g/mol. The molecule has 0 unspecified atom stereocenters. The average Bonchev–Trinajstić information content (AvgIpc) is 2.89. The standard InChI is InChI=1S/C11H9N7O2/c19-10-9(5-12-11(20)14-10)15-13-4-6-1-2-7-8(3-6)17-18-16-7/h1-3,5H,4H2,(H,16,17,18)(H2,12,14,19,20). The Morgan fingerprint density at radius 3 is 2.85 bits per heavy atom. The third-order valence-corrected chi connectivity index (χ3v) is 2.61. The second-order valence-electron chi connectivity index (χ2n) is 4.00. The molecule has 1 aromatic carbocycles. The van der Waals surface area contributed by atoms with Crippen LogP contribution in [0.5, 0.6) is 0 Å². The summed E-state index contributed by atoms with van der Waals surface area (Å²) in [7, 11) is 0. The summed E-state index contributed by atoms with van der Waals surface area (Å²) in [4.78, 5) is 26.6. The molecule has 3 aromatic rings. The number of rotatable bonds is 3. The summed E-state index contributed by atoms with van der Waals surface area (Å²) >= 11 is 0. The van der Waals surface area contributed by atoms with Crippen LogP contribution < -0.4 is 11.2 Å². The summed E-state index contributed by atoms with van der Waals surface area (Å²) in [5.41, 5.74) is 1.28. The summed E-state index contributed by atoms with van der Waals surface area (Å²) in [5.74, 6) is 0. The second-order valence-corrected chi connectivity index (χ2v) is 4.00. The van der Waals surface area contributed by atoms with Crippen molar-refractivity contribution in [3.63, 3.8) is 0 Å². The molecule has 0 radical (unpaired) electrons. The van der Waals surface area contributed by atoms with Gasteiger partial charge < -0.3 is 4.98 Å². The van der Waals surface area contributed by atoms with E-state index >= 15 is 0 Å². The van der Waals surface area contributed by atoms with E-state index < -0.39 is 11.2 Å². The zero-order valence-electron chi connectivity index (χ0n) is 10.1. The first-order chi connectivity index (χ1) is 9.72.